The molecule has 0 amide bonds. The molecule has 0 N–H and O–H groups in total. The predicted octanol–water partition coefficient (Wildman–Crippen LogP) is 4.67. The maximum absolute atomic E-state index is 6.47. The topological polar surface area (TPSA) is 34.3 Å². The molecule has 2 aromatic carbocycles. The number of halogens is 2. The molecule has 0 radical (unpaired) electrons. The molecule has 0 aliphatic carbocycles. The Balaban J connectivity index is 1.57. The summed E-state index contributed by atoms with van der Waals surface area (Å²) in [4.78, 5) is 0. The minimum Gasteiger partial charge on any atom is -0.454 e. The fourth-order valence-corrected chi connectivity index (χ4v) is 3.05. The summed E-state index contributed by atoms with van der Waals surface area (Å²) < 4.78 is 16.5. The molecule has 2 aliphatic rings. The molecule has 23 heavy (non-hydrogen) atoms. The second kappa shape index (κ2) is 6.33. The maximum Gasteiger partial charge on any atom is 0.146 e. The summed E-state index contributed by atoms with van der Waals surface area (Å²) in [5, 5.41) is 1.24. The Morgan fingerprint density at radius 1 is 0.826 bits per heavy atom. The van der Waals surface area contributed by atoms with Gasteiger partial charge < -0.3 is 14.2 Å². The van der Waals surface area contributed by atoms with Crippen LogP contribution in [0.1, 0.15) is 11.1 Å². The van der Waals surface area contributed by atoms with Crippen molar-refractivity contribution in [3.63, 3.8) is 0 Å². The molecule has 4 rings (SSSR count). The summed E-state index contributed by atoms with van der Waals surface area (Å²) in [5.74, 6) is 1.23. The van der Waals surface area contributed by atoms with E-state index in [1.807, 2.05) is 36.4 Å². The van der Waals surface area contributed by atoms with E-state index in [2.05, 4.69) is 0 Å². The van der Waals surface area contributed by atoms with Crippen LogP contribution in [-0.2, 0) is 22.3 Å². The lowest BCUT2D eigenvalue weighted by Gasteiger charge is -2.13. The summed E-state index contributed by atoms with van der Waals surface area (Å²) in [6.45, 7) is 1.61. The molecule has 0 bridgehead atoms. The summed E-state index contributed by atoms with van der Waals surface area (Å²) in [7, 11) is 0. The first-order valence-corrected chi connectivity index (χ1v) is 8.42. The van der Waals surface area contributed by atoms with Gasteiger partial charge >= 0.3 is 0 Å². The number of epoxide rings is 2. The number of hydrogen-bond donors (Lipinski definition) is 0. The van der Waals surface area contributed by atoms with Crippen LogP contribution in [0.25, 0.3) is 0 Å². The largest absolute Gasteiger partial charge is 0.454 e. The lowest BCUT2D eigenvalue weighted by Crippen LogP contribution is -1.98. The molecular weight excluding hydrogens is 335 g/mol. The molecule has 2 unspecified atom stereocenters. The second-order valence-electron chi connectivity index (χ2n) is 5.88. The van der Waals surface area contributed by atoms with E-state index in [0.29, 0.717) is 21.5 Å². The van der Waals surface area contributed by atoms with Crippen LogP contribution in [0.4, 0.5) is 0 Å². The SMILES string of the molecule is Clc1c(CC2CO2)cccc1Oc1cccc(CC2CO2)c1Cl. The van der Waals surface area contributed by atoms with Crippen LogP contribution in [0, 0.1) is 0 Å². The maximum atomic E-state index is 6.47. The van der Waals surface area contributed by atoms with Gasteiger partial charge in [0.05, 0.1) is 35.5 Å². The Hall–Kier alpha value is -1.26. The zero-order valence-electron chi connectivity index (χ0n) is 12.4. The van der Waals surface area contributed by atoms with Gasteiger partial charge in [-0.25, -0.2) is 0 Å². The van der Waals surface area contributed by atoms with E-state index in [0.717, 1.165) is 37.2 Å². The average Bonchev–Trinajstić information content (AvgIpc) is 3.43. The molecule has 0 aromatic heterocycles. The number of rotatable bonds is 6. The Morgan fingerprint density at radius 2 is 1.26 bits per heavy atom. The number of benzene rings is 2. The third kappa shape index (κ3) is 3.64. The van der Waals surface area contributed by atoms with Gasteiger partial charge in [-0.3, -0.25) is 0 Å². The minimum atomic E-state index is 0.285. The highest BCUT2D eigenvalue weighted by atomic mass is 35.5. The van der Waals surface area contributed by atoms with E-state index in [1.165, 1.54) is 0 Å². The summed E-state index contributed by atoms with van der Waals surface area (Å²) >= 11 is 12.9. The zero-order valence-corrected chi connectivity index (χ0v) is 13.9. The molecule has 2 aromatic rings. The van der Waals surface area contributed by atoms with Crippen molar-refractivity contribution in [3.05, 3.63) is 57.6 Å². The molecule has 3 nitrogen and oxygen atoms in total. The molecule has 0 spiro atoms. The lowest BCUT2D eigenvalue weighted by atomic mass is 10.1. The normalized spacial score (nSPS) is 22.0. The molecule has 0 saturated carbocycles. The predicted molar refractivity (Wildman–Crippen MR) is 89.9 cm³/mol. The van der Waals surface area contributed by atoms with Gasteiger partial charge in [0.1, 0.15) is 11.5 Å². The van der Waals surface area contributed by atoms with Crippen LogP contribution < -0.4 is 4.74 Å². The van der Waals surface area contributed by atoms with Crippen molar-refractivity contribution < 1.29 is 14.2 Å². The Bertz CT molecular complexity index is 663. The van der Waals surface area contributed by atoms with Gasteiger partial charge in [-0.15, -0.1) is 0 Å². The lowest BCUT2D eigenvalue weighted by molar-refractivity contribution is 0.407. The van der Waals surface area contributed by atoms with Gasteiger partial charge in [-0.1, -0.05) is 47.5 Å². The Kier molecular flexibility index (Phi) is 4.20. The van der Waals surface area contributed by atoms with Gasteiger partial charge in [0.2, 0.25) is 0 Å². The van der Waals surface area contributed by atoms with E-state index in [1.54, 1.807) is 0 Å². The standard InChI is InChI=1S/C18H16Cl2O3/c19-17-11(7-13-9-21-13)3-1-5-15(17)23-16-6-2-4-12(18(16)20)8-14-10-22-14/h1-6,13-14H,7-10H2. The molecule has 2 heterocycles. The van der Waals surface area contributed by atoms with Crippen molar-refractivity contribution in [2.75, 3.05) is 13.2 Å². The van der Waals surface area contributed by atoms with Crippen molar-refractivity contribution in [1.29, 1.82) is 0 Å². The Labute approximate surface area is 145 Å². The van der Waals surface area contributed by atoms with Crippen LogP contribution in [0.15, 0.2) is 36.4 Å². The quantitative estimate of drug-likeness (QED) is 0.710. The van der Waals surface area contributed by atoms with E-state index >= 15 is 0 Å². The third-order valence-corrected chi connectivity index (χ3v) is 4.86. The van der Waals surface area contributed by atoms with Crippen LogP contribution in [0.3, 0.4) is 0 Å². The van der Waals surface area contributed by atoms with Crippen LogP contribution in [-0.4, -0.2) is 25.4 Å². The van der Waals surface area contributed by atoms with Crippen molar-refractivity contribution in [2.24, 2.45) is 0 Å². The summed E-state index contributed by atoms with van der Waals surface area (Å²) in [6, 6.07) is 11.6. The van der Waals surface area contributed by atoms with E-state index in [-0.39, 0.29) is 12.2 Å². The van der Waals surface area contributed by atoms with Gasteiger partial charge in [-0.2, -0.15) is 0 Å². The summed E-state index contributed by atoms with van der Waals surface area (Å²) in [5.41, 5.74) is 2.07. The molecule has 2 fully saturated rings. The van der Waals surface area contributed by atoms with E-state index in [4.69, 9.17) is 37.4 Å². The highest BCUT2D eigenvalue weighted by molar-refractivity contribution is 6.33. The third-order valence-electron chi connectivity index (χ3n) is 4.01. The fraction of sp³-hybridized carbons (Fsp3) is 0.333. The number of ether oxygens (including phenoxy) is 3. The van der Waals surface area contributed by atoms with Crippen LogP contribution in [0.5, 0.6) is 11.5 Å². The van der Waals surface area contributed by atoms with Gasteiger partial charge in [0.15, 0.2) is 0 Å². The fourth-order valence-electron chi connectivity index (χ4n) is 2.57. The van der Waals surface area contributed by atoms with Crippen LogP contribution in [0.2, 0.25) is 10.0 Å². The molecule has 120 valence electrons. The first-order valence-electron chi connectivity index (χ1n) is 7.66. The van der Waals surface area contributed by atoms with E-state index < -0.39 is 0 Å². The highest BCUT2D eigenvalue weighted by Crippen LogP contribution is 2.38. The van der Waals surface area contributed by atoms with Crippen molar-refractivity contribution in [2.45, 2.75) is 25.0 Å². The minimum absolute atomic E-state index is 0.285. The second-order valence-corrected chi connectivity index (χ2v) is 6.64. The van der Waals surface area contributed by atoms with Gasteiger partial charge in [0.25, 0.3) is 0 Å². The molecule has 5 heteroatoms. The first-order chi connectivity index (χ1) is 11.2. The molecule has 2 atom stereocenters. The zero-order chi connectivity index (χ0) is 15.8. The molecule has 2 aliphatic heterocycles. The highest BCUT2D eigenvalue weighted by Gasteiger charge is 2.26. The van der Waals surface area contributed by atoms with Crippen LogP contribution >= 0.6 is 23.2 Å². The van der Waals surface area contributed by atoms with E-state index in [9.17, 15) is 0 Å². The number of hydrogen-bond acceptors (Lipinski definition) is 3. The molecular formula is C18H16Cl2O3. The first kappa shape index (κ1) is 15.3. The summed E-state index contributed by atoms with van der Waals surface area (Å²) in [6.07, 6.45) is 2.19. The Morgan fingerprint density at radius 3 is 1.65 bits per heavy atom. The monoisotopic (exact) mass is 350 g/mol. The van der Waals surface area contributed by atoms with Crippen molar-refractivity contribution in [1.82, 2.24) is 0 Å². The van der Waals surface area contributed by atoms with Crippen molar-refractivity contribution >= 4 is 23.2 Å². The average molecular weight is 351 g/mol. The van der Waals surface area contributed by atoms with Crippen molar-refractivity contribution in [3.8, 4) is 11.5 Å². The smallest absolute Gasteiger partial charge is 0.146 e. The van der Waals surface area contributed by atoms with Gasteiger partial charge in [0, 0.05) is 12.8 Å². The van der Waals surface area contributed by atoms with Gasteiger partial charge in [-0.05, 0) is 23.3 Å². The molecule has 2 saturated heterocycles.